The quantitative estimate of drug-likeness (QED) is 0.117. The molecule has 6 nitrogen and oxygen atoms in total. The molecule has 0 aromatic heterocycles. The Hall–Kier alpha value is -3.80. The van der Waals surface area contributed by atoms with E-state index in [1.165, 1.54) is 28.7 Å². The first kappa shape index (κ1) is 45.7. The first-order valence-electron chi connectivity index (χ1n) is 23.1. The number of ketones is 3. The van der Waals surface area contributed by atoms with Crippen molar-refractivity contribution in [3.63, 3.8) is 0 Å². The fourth-order valence-electron chi connectivity index (χ4n) is 11.2. The highest BCUT2D eigenvalue weighted by Gasteiger charge is 2.59. The van der Waals surface area contributed by atoms with E-state index < -0.39 is 34.7 Å². The van der Waals surface area contributed by atoms with Crippen LogP contribution in [0, 0.1) is 52.8 Å². The molecular formula is C54H74O6. The van der Waals surface area contributed by atoms with Gasteiger partial charge in [0.05, 0.1) is 6.42 Å². The number of carbonyl (C=O) groups excluding carboxylic acids is 4. The third kappa shape index (κ3) is 10.3. The Morgan fingerprint density at radius 3 is 2.22 bits per heavy atom. The lowest BCUT2D eigenvalue weighted by Gasteiger charge is -2.32. The zero-order chi connectivity index (χ0) is 43.9. The van der Waals surface area contributed by atoms with Crippen LogP contribution in [0.1, 0.15) is 169 Å². The molecule has 60 heavy (non-hydrogen) atoms. The molecule has 6 rings (SSSR count). The summed E-state index contributed by atoms with van der Waals surface area (Å²) in [6.45, 7) is 27.4. The molecule has 3 saturated carbocycles. The van der Waals surface area contributed by atoms with Crippen LogP contribution in [0.15, 0.2) is 54.6 Å². The predicted octanol–water partition coefficient (Wildman–Crippen LogP) is 13.1. The van der Waals surface area contributed by atoms with Crippen LogP contribution in [0.3, 0.4) is 0 Å². The Bertz CT molecular complexity index is 2040. The number of Topliss-reactive ketones (excluding diaryl/α,β-unsaturated/α-hetero) is 3. The monoisotopic (exact) mass is 819 g/mol. The summed E-state index contributed by atoms with van der Waals surface area (Å²) >= 11 is 0. The molecule has 0 amide bonds. The zero-order valence-electron chi connectivity index (χ0n) is 38.8. The van der Waals surface area contributed by atoms with Gasteiger partial charge in [-0.15, -0.1) is 6.58 Å². The second-order valence-corrected chi connectivity index (χ2v) is 22.0. The summed E-state index contributed by atoms with van der Waals surface area (Å²) in [7, 11) is 0. The van der Waals surface area contributed by atoms with Gasteiger partial charge < -0.3 is 9.47 Å². The largest absolute Gasteiger partial charge is 0.490 e. The van der Waals surface area contributed by atoms with Crippen molar-refractivity contribution in [1.29, 1.82) is 0 Å². The third-order valence-corrected chi connectivity index (χ3v) is 14.4. The molecule has 0 radical (unpaired) electrons. The molecule has 2 aromatic carbocycles. The number of benzene rings is 2. The summed E-state index contributed by atoms with van der Waals surface area (Å²) in [5.41, 5.74) is 5.30. The molecule has 0 heterocycles. The summed E-state index contributed by atoms with van der Waals surface area (Å²) in [6.07, 6.45) is 14.4. The molecule has 7 atom stereocenters. The molecule has 4 aliphatic rings. The highest BCUT2D eigenvalue weighted by Crippen LogP contribution is 2.58. The van der Waals surface area contributed by atoms with Gasteiger partial charge >= 0.3 is 5.97 Å². The number of ether oxygens (including phenoxy) is 2. The Morgan fingerprint density at radius 1 is 0.933 bits per heavy atom. The van der Waals surface area contributed by atoms with Gasteiger partial charge in [-0.2, -0.15) is 0 Å². The molecule has 326 valence electrons. The van der Waals surface area contributed by atoms with Crippen molar-refractivity contribution in [2.45, 2.75) is 171 Å². The van der Waals surface area contributed by atoms with Gasteiger partial charge in [-0.1, -0.05) is 98.2 Å². The fourth-order valence-corrected chi connectivity index (χ4v) is 11.2. The SMILES string of the molecule is C=CC1CC1(CC(=O)C1CC(Oc2cc(C3=CCC(CC(C)CC(C)(C)C)=C3)cc3c(C)c(C(C)C)ccc23)CC1C(=O)C(CC(=O)OC1CCCC1)C(C)(C)C)C(C)=O. The van der Waals surface area contributed by atoms with Gasteiger partial charge in [-0.05, 0) is 146 Å². The number of hydrogen-bond acceptors (Lipinski definition) is 6. The maximum atomic E-state index is 15.0. The van der Waals surface area contributed by atoms with Gasteiger partial charge in [0, 0.05) is 35.0 Å². The van der Waals surface area contributed by atoms with Crippen LogP contribution in [0.2, 0.25) is 0 Å². The van der Waals surface area contributed by atoms with E-state index in [0.717, 1.165) is 60.6 Å². The molecule has 2 aromatic rings. The lowest BCUT2D eigenvalue weighted by Crippen LogP contribution is -2.39. The number of fused-ring (bicyclic) bond motifs is 1. The van der Waals surface area contributed by atoms with E-state index in [-0.39, 0.29) is 53.6 Å². The van der Waals surface area contributed by atoms with Gasteiger partial charge in [0.15, 0.2) is 0 Å². The fraction of sp³-hybridized carbons (Fsp3) is 0.630. The van der Waals surface area contributed by atoms with Crippen LogP contribution < -0.4 is 4.74 Å². The van der Waals surface area contributed by atoms with E-state index in [4.69, 9.17) is 9.47 Å². The van der Waals surface area contributed by atoms with Crippen LogP contribution in [0.25, 0.3) is 16.3 Å². The van der Waals surface area contributed by atoms with Gasteiger partial charge in [0.2, 0.25) is 0 Å². The average molecular weight is 819 g/mol. The third-order valence-electron chi connectivity index (χ3n) is 14.4. The van der Waals surface area contributed by atoms with Crippen molar-refractivity contribution in [3.8, 4) is 5.75 Å². The maximum absolute atomic E-state index is 15.0. The van der Waals surface area contributed by atoms with Crippen LogP contribution in [-0.4, -0.2) is 35.5 Å². The molecule has 0 N–H and O–H groups in total. The summed E-state index contributed by atoms with van der Waals surface area (Å²) in [5.74, 6) is -0.706. The zero-order valence-corrected chi connectivity index (χ0v) is 38.8. The summed E-state index contributed by atoms with van der Waals surface area (Å²) in [6, 6.07) is 8.84. The van der Waals surface area contributed by atoms with Gasteiger partial charge in [-0.25, -0.2) is 0 Å². The highest BCUT2D eigenvalue weighted by atomic mass is 16.5. The van der Waals surface area contributed by atoms with Crippen molar-refractivity contribution < 1.29 is 28.7 Å². The minimum Gasteiger partial charge on any atom is -0.490 e. The standard InChI is InChI=1S/C54H74O6/c1-13-39-30-54(39,35(6)55)31-48(56)45-26-41(27-46(45)51(58)47(53(10,11)12)28-50(57)60-40-16-14-15-17-40)59-49-25-38(24-44-34(5)42(32(2)3)20-21-43(44)49)37-19-18-36(23-37)22-33(4)29-52(7,8)9/h13,19-21,23-25,32-33,39-41,45-47H,1,14-18,22,26-31H2,2-12H3. The van der Waals surface area contributed by atoms with Crippen molar-refractivity contribution in [1.82, 2.24) is 0 Å². The first-order valence-corrected chi connectivity index (χ1v) is 23.1. The van der Waals surface area contributed by atoms with Crippen molar-refractivity contribution in [3.05, 3.63) is 71.3 Å². The molecule has 7 unspecified atom stereocenters. The average Bonchev–Trinajstić information content (AvgIpc) is 3.56. The van der Waals surface area contributed by atoms with Crippen molar-refractivity contribution in [2.75, 3.05) is 0 Å². The van der Waals surface area contributed by atoms with Crippen LogP contribution in [0.5, 0.6) is 5.75 Å². The Kier molecular flexibility index (Phi) is 13.6. The number of carbonyl (C=O) groups is 4. The lowest BCUT2D eigenvalue weighted by atomic mass is 9.70. The molecule has 0 spiro atoms. The molecular weight excluding hydrogens is 745 g/mol. The Labute approximate surface area is 361 Å². The molecule has 0 aliphatic heterocycles. The number of esters is 1. The van der Waals surface area contributed by atoms with Gasteiger partial charge in [-0.3, -0.25) is 19.2 Å². The van der Waals surface area contributed by atoms with E-state index in [9.17, 15) is 19.2 Å². The molecule has 4 aliphatic carbocycles. The van der Waals surface area contributed by atoms with E-state index in [1.807, 2.05) is 20.8 Å². The van der Waals surface area contributed by atoms with E-state index >= 15 is 0 Å². The highest BCUT2D eigenvalue weighted by molar-refractivity contribution is 5.98. The number of aryl methyl sites for hydroxylation is 1. The van der Waals surface area contributed by atoms with Crippen LogP contribution in [-0.2, 0) is 23.9 Å². The van der Waals surface area contributed by atoms with E-state index in [0.29, 0.717) is 31.1 Å². The smallest absolute Gasteiger partial charge is 0.306 e. The molecule has 0 saturated heterocycles. The van der Waals surface area contributed by atoms with Gasteiger partial charge in [0.25, 0.3) is 0 Å². The maximum Gasteiger partial charge on any atom is 0.306 e. The second-order valence-electron chi connectivity index (χ2n) is 22.0. The van der Waals surface area contributed by atoms with Gasteiger partial charge in [0.1, 0.15) is 35.3 Å². The predicted molar refractivity (Wildman–Crippen MR) is 244 cm³/mol. The normalized spacial score (nSPS) is 25.5. The topological polar surface area (TPSA) is 86.7 Å². The Morgan fingerprint density at radius 2 is 1.62 bits per heavy atom. The number of hydrogen-bond donors (Lipinski definition) is 0. The second kappa shape index (κ2) is 17.9. The molecule has 3 fully saturated rings. The number of rotatable bonds is 17. The van der Waals surface area contributed by atoms with E-state index in [1.54, 1.807) is 13.0 Å². The first-order chi connectivity index (χ1) is 28.1. The summed E-state index contributed by atoms with van der Waals surface area (Å²) in [4.78, 5) is 56.0. The molecule has 6 heteroatoms. The molecule has 0 bridgehead atoms. The van der Waals surface area contributed by atoms with Crippen molar-refractivity contribution >= 4 is 39.7 Å². The lowest BCUT2D eigenvalue weighted by molar-refractivity contribution is -0.154. The minimum atomic E-state index is -0.748. The number of allylic oxidation sites excluding steroid dienone is 5. The Balaban J connectivity index is 1.34. The summed E-state index contributed by atoms with van der Waals surface area (Å²) < 4.78 is 13.0. The van der Waals surface area contributed by atoms with Crippen LogP contribution in [0.4, 0.5) is 0 Å². The van der Waals surface area contributed by atoms with E-state index in [2.05, 4.69) is 91.5 Å². The minimum absolute atomic E-state index is 0.00171. The summed E-state index contributed by atoms with van der Waals surface area (Å²) in [5, 5.41) is 2.17. The van der Waals surface area contributed by atoms with Crippen molar-refractivity contribution in [2.24, 2.45) is 45.8 Å². The van der Waals surface area contributed by atoms with Crippen LogP contribution >= 0.6 is 0 Å².